The largest absolute Gasteiger partial charge is 0.352 e. The van der Waals surface area contributed by atoms with Crippen molar-refractivity contribution in [3.63, 3.8) is 0 Å². The van der Waals surface area contributed by atoms with Crippen molar-refractivity contribution in [2.24, 2.45) is 5.73 Å². The fourth-order valence-corrected chi connectivity index (χ4v) is 2.98. The maximum absolute atomic E-state index is 12.7. The highest BCUT2D eigenvalue weighted by Gasteiger charge is 2.27. The maximum Gasteiger partial charge on any atom is 0.312 e. The van der Waals surface area contributed by atoms with Crippen LogP contribution in [-0.2, 0) is 13.1 Å². The molecular formula is C17H20N4O2. The lowest BCUT2D eigenvalue weighted by Crippen LogP contribution is -2.40. The van der Waals surface area contributed by atoms with Crippen molar-refractivity contribution in [1.82, 2.24) is 14.8 Å². The summed E-state index contributed by atoms with van der Waals surface area (Å²) in [6, 6.07) is 10.8. The number of nitrogens with one attached hydrogen (secondary N) is 1. The van der Waals surface area contributed by atoms with E-state index in [0.29, 0.717) is 18.7 Å². The van der Waals surface area contributed by atoms with E-state index in [1.807, 2.05) is 36.2 Å². The van der Waals surface area contributed by atoms with Crippen LogP contribution in [0, 0.1) is 0 Å². The number of urea groups is 1. The van der Waals surface area contributed by atoms with Crippen LogP contribution in [0.1, 0.15) is 34.6 Å². The third-order valence-electron chi connectivity index (χ3n) is 4.27. The Hall–Kier alpha value is -2.76. The first-order valence-corrected chi connectivity index (χ1v) is 7.64. The zero-order chi connectivity index (χ0) is 16.4. The Morgan fingerprint density at radius 2 is 1.96 bits per heavy atom. The Morgan fingerprint density at radius 3 is 2.65 bits per heavy atom. The fourth-order valence-electron chi connectivity index (χ4n) is 2.98. The van der Waals surface area contributed by atoms with Crippen LogP contribution in [0.3, 0.4) is 0 Å². The van der Waals surface area contributed by atoms with Gasteiger partial charge in [0.15, 0.2) is 0 Å². The second-order valence-corrected chi connectivity index (χ2v) is 5.72. The number of carbonyl (C=O) groups is 2. The van der Waals surface area contributed by atoms with E-state index in [9.17, 15) is 9.59 Å². The van der Waals surface area contributed by atoms with Gasteiger partial charge in [-0.25, -0.2) is 4.79 Å². The van der Waals surface area contributed by atoms with E-state index in [0.717, 1.165) is 17.8 Å². The van der Waals surface area contributed by atoms with E-state index in [1.165, 1.54) is 0 Å². The van der Waals surface area contributed by atoms with Gasteiger partial charge in [0.2, 0.25) is 0 Å². The van der Waals surface area contributed by atoms with Gasteiger partial charge >= 0.3 is 6.03 Å². The molecule has 0 radical (unpaired) electrons. The molecule has 1 atom stereocenters. The quantitative estimate of drug-likeness (QED) is 0.907. The van der Waals surface area contributed by atoms with Crippen molar-refractivity contribution in [3.8, 4) is 0 Å². The first kappa shape index (κ1) is 15.1. The van der Waals surface area contributed by atoms with Gasteiger partial charge in [-0.2, -0.15) is 0 Å². The summed E-state index contributed by atoms with van der Waals surface area (Å²) in [4.78, 5) is 25.4. The number of nitrogens with two attached hydrogens (primary N) is 1. The molecule has 0 bridgehead atoms. The molecule has 2 heterocycles. The Labute approximate surface area is 134 Å². The number of amides is 3. The molecule has 2 aromatic rings. The predicted octanol–water partition coefficient (Wildman–Crippen LogP) is 1.87. The van der Waals surface area contributed by atoms with Crippen LogP contribution in [0.4, 0.5) is 4.79 Å². The number of fused-ring (bicyclic) bond motifs is 1. The van der Waals surface area contributed by atoms with Crippen LogP contribution in [0.25, 0.3) is 0 Å². The highest BCUT2D eigenvalue weighted by atomic mass is 16.2. The van der Waals surface area contributed by atoms with E-state index in [-0.39, 0.29) is 11.9 Å². The molecule has 6 nitrogen and oxygen atoms in total. The molecule has 0 unspecified atom stereocenters. The molecular weight excluding hydrogens is 292 g/mol. The number of nitrogens with zero attached hydrogens (tertiary/aromatic N) is 2. The van der Waals surface area contributed by atoms with Crippen LogP contribution in [0.15, 0.2) is 42.6 Å². The van der Waals surface area contributed by atoms with Crippen LogP contribution < -0.4 is 11.1 Å². The topological polar surface area (TPSA) is 80.4 Å². The van der Waals surface area contributed by atoms with Gasteiger partial charge in [-0.05, 0) is 36.8 Å². The minimum absolute atomic E-state index is 0.0272. The minimum Gasteiger partial charge on any atom is -0.352 e. The van der Waals surface area contributed by atoms with Gasteiger partial charge in [-0.1, -0.05) is 12.1 Å². The molecule has 0 fully saturated rings. The van der Waals surface area contributed by atoms with Gasteiger partial charge in [0.25, 0.3) is 5.91 Å². The van der Waals surface area contributed by atoms with Crippen molar-refractivity contribution in [2.45, 2.75) is 26.1 Å². The smallest absolute Gasteiger partial charge is 0.312 e. The highest BCUT2D eigenvalue weighted by molar-refractivity contribution is 5.94. The number of hydrogen-bond donors (Lipinski definition) is 2. The van der Waals surface area contributed by atoms with Crippen LogP contribution >= 0.6 is 0 Å². The third-order valence-corrected chi connectivity index (χ3v) is 4.27. The number of benzene rings is 1. The molecule has 1 aromatic carbocycles. The number of primary amides is 1. The molecule has 6 heteroatoms. The fraction of sp³-hybridized carbons (Fsp3) is 0.294. The van der Waals surface area contributed by atoms with Crippen LogP contribution in [0.5, 0.6) is 0 Å². The molecule has 0 aliphatic carbocycles. The SMILES string of the molecule is C[C@@H]1c2cccn2CCN1C(=O)c1ccc(CNC(N)=O)cc1. The molecule has 0 saturated carbocycles. The van der Waals surface area contributed by atoms with E-state index >= 15 is 0 Å². The van der Waals surface area contributed by atoms with Gasteiger partial charge in [0.1, 0.15) is 0 Å². The molecule has 120 valence electrons. The van der Waals surface area contributed by atoms with Crippen LogP contribution in [0.2, 0.25) is 0 Å². The van der Waals surface area contributed by atoms with Gasteiger partial charge in [0.05, 0.1) is 6.04 Å². The van der Waals surface area contributed by atoms with E-state index in [1.54, 1.807) is 12.1 Å². The Balaban J connectivity index is 1.72. The van der Waals surface area contributed by atoms with Crippen LogP contribution in [-0.4, -0.2) is 28.0 Å². The number of rotatable bonds is 3. The lowest BCUT2D eigenvalue weighted by molar-refractivity contribution is 0.0644. The second kappa shape index (κ2) is 6.16. The summed E-state index contributed by atoms with van der Waals surface area (Å²) in [6.07, 6.45) is 2.05. The first-order chi connectivity index (χ1) is 11.1. The number of carbonyl (C=O) groups excluding carboxylic acids is 2. The minimum atomic E-state index is -0.560. The summed E-state index contributed by atoms with van der Waals surface area (Å²) in [6.45, 7) is 3.93. The van der Waals surface area contributed by atoms with Gasteiger partial charge in [-0.15, -0.1) is 0 Å². The highest BCUT2D eigenvalue weighted by Crippen LogP contribution is 2.26. The molecule has 1 aliphatic rings. The van der Waals surface area contributed by atoms with Crippen molar-refractivity contribution >= 4 is 11.9 Å². The zero-order valence-electron chi connectivity index (χ0n) is 13.0. The predicted molar refractivity (Wildman–Crippen MR) is 86.7 cm³/mol. The summed E-state index contributed by atoms with van der Waals surface area (Å²) < 4.78 is 2.19. The Bertz CT molecular complexity index is 720. The van der Waals surface area contributed by atoms with Gasteiger partial charge in [0, 0.05) is 37.1 Å². The molecule has 0 spiro atoms. The average molecular weight is 312 g/mol. The molecule has 1 aliphatic heterocycles. The lowest BCUT2D eigenvalue weighted by atomic mass is 10.1. The molecule has 3 N–H and O–H groups in total. The summed E-state index contributed by atoms with van der Waals surface area (Å²) in [5, 5.41) is 2.53. The first-order valence-electron chi connectivity index (χ1n) is 7.64. The summed E-state index contributed by atoms with van der Waals surface area (Å²) in [7, 11) is 0. The summed E-state index contributed by atoms with van der Waals surface area (Å²) >= 11 is 0. The molecule has 1 aromatic heterocycles. The normalized spacial score (nSPS) is 16.7. The monoisotopic (exact) mass is 312 g/mol. The van der Waals surface area contributed by atoms with E-state index < -0.39 is 6.03 Å². The van der Waals surface area contributed by atoms with Gasteiger partial charge < -0.3 is 20.5 Å². The Kier molecular flexibility index (Phi) is 4.06. The van der Waals surface area contributed by atoms with E-state index in [2.05, 4.69) is 16.0 Å². The third kappa shape index (κ3) is 3.06. The van der Waals surface area contributed by atoms with Gasteiger partial charge in [-0.3, -0.25) is 4.79 Å². The van der Waals surface area contributed by atoms with Crippen molar-refractivity contribution < 1.29 is 9.59 Å². The lowest BCUT2D eigenvalue weighted by Gasteiger charge is -2.35. The van der Waals surface area contributed by atoms with E-state index in [4.69, 9.17) is 5.73 Å². The number of hydrogen-bond acceptors (Lipinski definition) is 2. The maximum atomic E-state index is 12.7. The van der Waals surface area contributed by atoms with Crippen molar-refractivity contribution in [1.29, 1.82) is 0 Å². The molecule has 23 heavy (non-hydrogen) atoms. The van der Waals surface area contributed by atoms with Crippen molar-refractivity contribution in [2.75, 3.05) is 6.54 Å². The Morgan fingerprint density at radius 1 is 1.22 bits per heavy atom. The second-order valence-electron chi connectivity index (χ2n) is 5.72. The molecule has 3 rings (SSSR count). The summed E-state index contributed by atoms with van der Waals surface area (Å²) in [5.74, 6) is 0.0272. The standard InChI is InChI=1S/C17H20N4O2/c1-12-15-3-2-8-20(15)9-10-21(12)16(22)14-6-4-13(5-7-14)11-19-17(18)23/h2-8,12H,9-11H2,1H3,(H3,18,19,23)/t12-/m1/s1. The number of aromatic nitrogens is 1. The molecule has 0 saturated heterocycles. The summed E-state index contributed by atoms with van der Waals surface area (Å²) in [5.41, 5.74) is 7.76. The average Bonchev–Trinajstić information content (AvgIpc) is 3.03. The molecule has 3 amide bonds. The van der Waals surface area contributed by atoms with Crippen molar-refractivity contribution in [3.05, 3.63) is 59.4 Å². The zero-order valence-corrected chi connectivity index (χ0v) is 13.0.